The Morgan fingerprint density at radius 1 is 1.33 bits per heavy atom. The molecule has 2 aromatic carbocycles. The van der Waals surface area contributed by atoms with Gasteiger partial charge in [0.15, 0.2) is 0 Å². The molecule has 0 spiro atoms. The highest BCUT2D eigenvalue weighted by molar-refractivity contribution is 5.88. The molecular formula is C16H12FNO3. The summed E-state index contributed by atoms with van der Waals surface area (Å²) in [6.45, 7) is 1.91. The summed E-state index contributed by atoms with van der Waals surface area (Å²) in [5, 5.41) is 17.7. The number of carboxylic acid groups (broad SMARTS) is 1. The second-order valence-electron chi connectivity index (χ2n) is 4.50. The topological polar surface area (TPSA) is 70.3 Å². The van der Waals surface area contributed by atoms with Crippen molar-refractivity contribution in [3.8, 4) is 11.8 Å². The van der Waals surface area contributed by atoms with E-state index < -0.39 is 11.8 Å². The lowest BCUT2D eigenvalue weighted by molar-refractivity contribution is 0.0696. The van der Waals surface area contributed by atoms with E-state index in [-0.39, 0.29) is 17.7 Å². The number of benzene rings is 2. The van der Waals surface area contributed by atoms with E-state index in [4.69, 9.17) is 15.1 Å². The van der Waals surface area contributed by atoms with Gasteiger partial charge < -0.3 is 9.84 Å². The van der Waals surface area contributed by atoms with Gasteiger partial charge in [-0.1, -0.05) is 6.07 Å². The summed E-state index contributed by atoms with van der Waals surface area (Å²) in [5.41, 5.74) is 1.51. The molecule has 0 atom stereocenters. The third-order valence-corrected chi connectivity index (χ3v) is 2.97. The Balaban J connectivity index is 2.13. The minimum Gasteiger partial charge on any atom is -0.489 e. The molecular weight excluding hydrogens is 273 g/mol. The number of nitrogens with zero attached hydrogens (tertiary/aromatic N) is 1. The molecule has 0 bridgehead atoms. The summed E-state index contributed by atoms with van der Waals surface area (Å²) in [4.78, 5) is 10.8. The first-order chi connectivity index (χ1) is 10.0. The molecule has 0 aliphatic carbocycles. The largest absolute Gasteiger partial charge is 0.489 e. The molecule has 0 amide bonds. The fraction of sp³-hybridized carbons (Fsp3) is 0.125. The van der Waals surface area contributed by atoms with Gasteiger partial charge in [-0.3, -0.25) is 0 Å². The molecule has 106 valence electrons. The van der Waals surface area contributed by atoms with Crippen LogP contribution in [0.3, 0.4) is 0 Å². The fourth-order valence-corrected chi connectivity index (χ4v) is 1.85. The van der Waals surface area contributed by atoms with Crippen LogP contribution in [0.5, 0.6) is 5.75 Å². The monoisotopic (exact) mass is 285 g/mol. The number of hydrogen-bond acceptors (Lipinski definition) is 3. The summed E-state index contributed by atoms with van der Waals surface area (Å²) < 4.78 is 18.8. The summed E-state index contributed by atoms with van der Waals surface area (Å²) in [6.07, 6.45) is 0. The first-order valence-corrected chi connectivity index (χ1v) is 6.16. The number of aryl methyl sites for hydroxylation is 1. The molecule has 0 unspecified atom stereocenters. The highest BCUT2D eigenvalue weighted by atomic mass is 19.1. The Bertz CT molecular complexity index is 735. The summed E-state index contributed by atoms with van der Waals surface area (Å²) in [6, 6.07) is 10.5. The molecule has 0 radical (unpaired) electrons. The van der Waals surface area contributed by atoms with E-state index in [2.05, 4.69) is 0 Å². The quantitative estimate of drug-likeness (QED) is 0.935. The van der Waals surface area contributed by atoms with Crippen LogP contribution in [0.1, 0.15) is 27.0 Å². The first kappa shape index (κ1) is 14.5. The number of rotatable bonds is 4. The molecule has 0 fully saturated rings. The second-order valence-corrected chi connectivity index (χ2v) is 4.50. The van der Waals surface area contributed by atoms with Crippen molar-refractivity contribution >= 4 is 5.97 Å². The minimum atomic E-state index is -0.998. The van der Waals surface area contributed by atoms with Crippen LogP contribution in [0.4, 0.5) is 4.39 Å². The molecule has 0 aliphatic heterocycles. The molecule has 1 N–H and O–H groups in total. The third-order valence-electron chi connectivity index (χ3n) is 2.97. The normalized spacial score (nSPS) is 9.95. The molecule has 2 aromatic rings. The molecule has 2 rings (SSSR count). The van der Waals surface area contributed by atoms with Crippen molar-refractivity contribution in [1.82, 2.24) is 0 Å². The van der Waals surface area contributed by atoms with Crippen LogP contribution in [-0.2, 0) is 6.61 Å². The number of aromatic carboxylic acids is 1. The standard InChI is InChI=1S/C16H12FNO3/c1-10-6-12(16(19)20)3-5-15(10)21-9-11-2-4-14(17)13(7-11)8-18/h2-7H,9H2,1H3,(H,19,20). The van der Waals surface area contributed by atoms with Gasteiger partial charge in [0.1, 0.15) is 24.2 Å². The first-order valence-electron chi connectivity index (χ1n) is 6.16. The van der Waals surface area contributed by atoms with Gasteiger partial charge in [0.05, 0.1) is 11.1 Å². The van der Waals surface area contributed by atoms with Crippen LogP contribution >= 0.6 is 0 Å². The number of carboxylic acids is 1. The smallest absolute Gasteiger partial charge is 0.335 e. The molecule has 0 heterocycles. The number of ether oxygens (including phenoxy) is 1. The van der Waals surface area contributed by atoms with E-state index in [1.54, 1.807) is 19.1 Å². The van der Waals surface area contributed by atoms with Crippen molar-refractivity contribution in [2.45, 2.75) is 13.5 Å². The van der Waals surface area contributed by atoms with Gasteiger partial charge >= 0.3 is 5.97 Å². The number of halogens is 1. The Hall–Kier alpha value is -2.87. The summed E-state index contributed by atoms with van der Waals surface area (Å²) in [7, 11) is 0. The zero-order valence-corrected chi connectivity index (χ0v) is 11.3. The molecule has 5 heteroatoms. The highest BCUT2D eigenvalue weighted by Crippen LogP contribution is 2.21. The van der Waals surface area contributed by atoms with Crippen LogP contribution < -0.4 is 4.74 Å². The van der Waals surface area contributed by atoms with Crippen molar-refractivity contribution in [3.05, 3.63) is 64.5 Å². The molecule has 4 nitrogen and oxygen atoms in total. The van der Waals surface area contributed by atoms with Crippen LogP contribution in [0.25, 0.3) is 0 Å². The van der Waals surface area contributed by atoms with Crippen molar-refractivity contribution in [2.75, 3.05) is 0 Å². The highest BCUT2D eigenvalue weighted by Gasteiger charge is 2.08. The van der Waals surface area contributed by atoms with E-state index in [9.17, 15) is 9.18 Å². The Kier molecular flexibility index (Phi) is 4.19. The van der Waals surface area contributed by atoms with E-state index >= 15 is 0 Å². The van der Waals surface area contributed by atoms with Crippen molar-refractivity contribution < 1.29 is 19.0 Å². The maximum Gasteiger partial charge on any atom is 0.335 e. The Morgan fingerprint density at radius 2 is 2.10 bits per heavy atom. The molecule has 0 aliphatic rings. The van der Waals surface area contributed by atoms with Crippen LogP contribution in [0.2, 0.25) is 0 Å². The molecule has 0 saturated heterocycles. The Morgan fingerprint density at radius 3 is 2.71 bits per heavy atom. The molecule has 21 heavy (non-hydrogen) atoms. The maximum absolute atomic E-state index is 13.2. The number of carbonyl (C=O) groups is 1. The lowest BCUT2D eigenvalue weighted by Crippen LogP contribution is -2.01. The zero-order chi connectivity index (χ0) is 15.4. The maximum atomic E-state index is 13.2. The van der Waals surface area contributed by atoms with E-state index in [1.165, 1.54) is 30.3 Å². The van der Waals surface area contributed by atoms with Gasteiger partial charge in [-0.2, -0.15) is 5.26 Å². The van der Waals surface area contributed by atoms with Gasteiger partial charge in [0.25, 0.3) is 0 Å². The van der Waals surface area contributed by atoms with Crippen LogP contribution in [-0.4, -0.2) is 11.1 Å². The summed E-state index contributed by atoms with van der Waals surface area (Å²) >= 11 is 0. The SMILES string of the molecule is Cc1cc(C(=O)O)ccc1OCc1ccc(F)c(C#N)c1. The van der Waals surface area contributed by atoms with Crippen LogP contribution in [0.15, 0.2) is 36.4 Å². The number of nitriles is 1. The summed E-state index contributed by atoms with van der Waals surface area (Å²) in [5.74, 6) is -1.02. The van der Waals surface area contributed by atoms with E-state index in [0.717, 1.165) is 0 Å². The van der Waals surface area contributed by atoms with Gasteiger partial charge in [-0.05, 0) is 48.4 Å². The van der Waals surface area contributed by atoms with Gasteiger partial charge in [-0.25, -0.2) is 9.18 Å². The van der Waals surface area contributed by atoms with Crippen molar-refractivity contribution in [3.63, 3.8) is 0 Å². The lowest BCUT2D eigenvalue weighted by atomic mass is 10.1. The van der Waals surface area contributed by atoms with Crippen molar-refractivity contribution in [1.29, 1.82) is 5.26 Å². The predicted octanol–water partition coefficient (Wildman–Crippen LogP) is 3.28. The third kappa shape index (κ3) is 3.37. The van der Waals surface area contributed by atoms with Gasteiger partial charge in [0, 0.05) is 0 Å². The molecule has 0 saturated carbocycles. The lowest BCUT2D eigenvalue weighted by Gasteiger charge is -2.10. The number of hydrogen-bond donors (Lipinski definition) is 1. The average Bonchev–Trinajstić information content (AvgIpc) is 2.47. The zero-order valence-electron chi connectivity index (χ0n) is 11.3. The second kappa shape index (κ2) is 6.06. The fourth-order valence-electron chi connectivity index (χ4n) is 1.85. The van der Waals surface area contributed by atoms with E-state index in [1.807, 2.05) is 0 Å². The minimum absolute atomic E-state index is 0.0333. The average molecular weight is 285 g/mol. The van der Waals surface area contributed by atoms with Crippen LogP contribution in [0, 0.1) is 24.1 Å². The van der Waals surface area contributed by atoms with Gasteiger partial charge in [-0.15, -0.1) is 0 Å². The molecule has 0 aromatic heterocycles. The van der Waals surface area contributed by atoms with Crippen molar-refractivity contribution in [2.24, 2.45) is 0 Å². The predicted molar refractivity (Wildman–Crippen MR) is 73.6 cm³/mol. The van der Waals surface area contributed by atoms with E-state index in [0.29, 0.717) is 16.9 Å². The van der Waals surface area contributed by atoms with Gasteiger partial charge in [0.2, 0.25) is 0 Å². The Labute approximate surface area is 121 Å².